The van der Waals surface area contributed by atoms with Gasteiger partial charge in [-0.1, -0.05) is 12.1 Å². The fraction of sp³-hybridized carbons (Fsp3) is 0.278. The zero-order valence-corrected chi connectivity index (χ0v) is 13.8. The number of pyridine rings is 1. The fourth-order valence-electron chi connectivity index (χ4n) is 2.72. The molecule has 26 heavy (non-hydrogen) atoms. The van der Waals surface area contributed by atoms with Crippen molar-refractivity contribution in [3.8, 4) is 29.0 Å². The van der Waals surface area contributed by atoms with Crippen LogP contribution in [0.25, 0.3) is 11.1 Å². The van der Waals surface area contributed by atoms with Crippen molar-refractivity contribution in [3.05, 3.63) is 45.7 Å². The van der Waals surface area contributed by atoms with Crippen molar-refractivity contribution in [1.82, 2.24) is 4.98 Å². The molecule has 2 heterocycles. The molecule has 1 aliphatic heterocycles. The van der Waals surface area contributed by atoms with Gasteiger partial charge in [0.25, 0.3) is 5.56 Å². The van der Waals surface area contributed by atoms with Crippen LogP contribution in [0, 0.1) is 22.7 Å². The summed E-state index contributed by atoms with van der Waals surface area (Å²) in [4.78, 5) is 14.3. The molecule has 0 aliphatic carbocycles. The largest absolute Gasteiger partial charge is 0.493 e. The first-order chi connectivity index (χ1) is 12.6. The van der Waals surface area contributed by atoms with E-state index in [1.54, 1.807) is 24.3 Å². The number of nitrogens with two attached hydrogens (primary N) is 1. The standard InChI is InChI=1S/C18H16N4O4/c19-9-13-16(14(10-20)18(23)22-17(13)21)11-2-1-3-12(8-11)24-5-4-15-25-6-7-26-15/h1-3,8,15H,4-7H2,(H3,21,22,23). The molecule has 0 amide bonds. The average Bonchev–Trinajstić information content (AvgIpc) is 3.15. The minimum absolute atomic E-state index is 0.0473. The van der Waals surface area contributed by atoms with Crippen LogP contribution >= 0.6 is 0 Å². The molecular formula is C18H16N4O4. The Bertz CT molecular complexity index is 949. The minimum atomic E-state index is -0.638. The second-order valence-electron chi connectivity index (χ2n) is 5.55. The van der Waals surface area contributed by atoms with Gasteiger partial charge in [-0.2, -0.15) is 10.5 Å². The SMILES string of the molecule is N#Cc1c(N)[nH]c(=O)c(C#N)c1-c1cccc(OCCC2OCCO2)c1. The molecule has 3 N–H and O–H groups in total. The number of nitrogen functional groups attached to an aromatic ring is 1. The van der Waals surface area contributed by atoms with Gasteiger partial charge in [0.15, 0.2) is 6.29 Å². The first-order valence-electron chi connectivity index (χ1n) is 7.96. The maximum Gasteiger partial charge on any atom is 0.268 e. The number of anilines is 1. The maximum atomic E-state index is 12.0. The molecule has 1 fully saturated rings. The van der Waals surface area contributed by atoms with E-state index in [2.05, 4.69) is 4.98 Å². The highest BCUT2D eigenvalue weighted by atomic mass is 16.7. The van der Waals surface area contributed by atoms with Gasteiger partial charge in [-0.25, -0.2) is 0 Å². The molecule has 0 atom stereocenters. The lowest BCUT2D eigenvalue weighted by Crippen LogP contribution is -2.16. The smallest absolute Gasteiger partial charge is 0.268 e. The number of aromatic nitrogens is 1. The molecule has 0 bridgehead atoms. The van der Waals surface area contributed by atoms with Crippen molar-refractivity contribution in [3.63, 3.8) is 0 Å². The third-order valence-electron chi connectivity index (χ3n) is 3.90. The highest BCUT2D eigenvalue weighted by Gasteiger charge is 2.19. The van der Waals surface area contributed by atoms with Crippen LogP contribution < -0.4 is 16.0 Å². The lowest BCUT2D eigenvalue weighted by Gasteiger charge is -2.12. The molecule has 2 aromatic rings. The van der Waals surface area contributed by atoms with Crippen LogP contribution in [0.4, 0.5) is 5.82 Å². The second-order valence-corrected chi connectivity index (χ2v) is 5.55. The van der Waals surface area contributed by atoms with Gasteiger partial charge in [0.2, 0.25) is 0 Å². The van der Waals surface area contributed by atoms with Gasteiger partial charge in [-0.15, -0.1) is 0 Å². The Morgan fingerprint density at radius 2 is 1.96 bits per heavy atom. The van der Waals surface area contributed by atoms with Crippen molar-refractivity contribution >= 4 is 5.82 Å². The molecule has 0 unspecified atom stereocenters. The topological polar surface area (TPSA) is 134 Å². The second kappa shape index (κ2) is 7.70. The zero-order valence-electron chi connectivity index (χ0n) is 13.8. The van der Waals surface area contributed by atoms with Crippen molar-refractivity contribution < 1.29 is 14.2 Å². The van der Waals surface area contributed by atoms with Crippen molar-refractivity contribution in [2.45, 2.75) is 12.7 Å². The lowest BCUT2D eigenvalue weighted by molar-refractivity contribution is -0.0531. The quantitative estimate of drug-likeness (QED) is 0.832. The predicted octanol–water partition coefficient (Wildman–Crippen LogP) is 1.51. The molecule has 8 heteroatoms. The molecule has 1 aromatic carbocycles. The first kappa shape index (κ1) is 17.5. The highest BCUT2D eigenvalue weighted by molar-refractivity contribution is 5.80. The summed E-state index contributed by atoms with van der Waals surface area (Å²) in [5.74, 6) is 0.459. The Labute approximate surface area is 149 Å². The predicted molar refractivity (Wildman–Crippen MR) is 92.1 cm³/mol. The number of benzene rings is 1. The van der Waals surface area contributed by atoms with E-state index >= 15 is 0 Å². The van der Waals surface area contributed by atoms with E-state index in [0.717, 1.165) is 0 Å². The van der Waals surface area contributed by atoms with Gasteiger partial charge >= 0.3 is 0 Å². The normalized spacial score (nSPS) is 13.9. The van der Waals surface area contributed by atoms with Gasteiger partial charge in [0.1, 0.15) is 34.8 Å². The third-order valence-corrected chi connectivity index (χ3v) is 3.90. The van der Waals surface area contributed by atoms with E-state index in [1.165, 1.54) is 0 Å². The number of nitrogens with zero attached hydrogens (tertiary/aromatic N) is 2. The molecule has 1 saturated heterocycles. The number of hydrogen-bond donors (Lipinski definition) is 2. The van der Waals surface area contributed by atoms with Crippen molar-refractivity contribution in [1.29, 1.82) is 10.5 Å². The summed E-state index contributed by atoms with van der Waals surface area (Å²) >= 11 is 0. The van der Waals surface area contributed by atoms with Gasteiger partial charge in [-0.05, 0) is 17.7 Å². The molecule has 8 nitrogen and oxygen atoms in total. The zero-order chi connectivity index (χ0) is 18.5. The van der Waals surface area contributed by atoms with Crippen molar-refractivity contribution in [2.24, 2.45) is 0 Å². The Morgan fingerprint density at radius 1 is 1.23 bits per heavy atom. The van der Waals surface area contributed by atoms with Crippen LogP contribution in [0.1, 0.15) is 17.5 Å². The average molecular weight is 352 g/mol. The van der Waals surface area contributed by atoms with Crippen LogP contribution in [0.15, 0.2) is 29.1 Å². The summed E-state index contributed by atoms with van der Waals surface area (Å²) in [6.45, 7) is 1.54. The van der Waals surface area contributed by atoms with Crippen LogP contribution in [0.2, 0.25) is 0 Å². The number of nitriles is 2. The number of rotatable bonds is 5. The van der Waals surface area contributed by atoms with E-state index in [9.17, 15) is 15.3 Å². The Kier molecular flexibility index (Phi) is 5.18. The van der Waals surface area contributed by atoms with Crippen LogP contribution in [0.3, 0.4) is 0 Å². The summed E-state index contributed by atoms with van der Waals surface area (Å²) in [5, 5.41) is 18.7. The van der Waals surface area contributed by atoms with Gasteiger partial charge in [0, 0.05) is 12.0 Å². The number of hydrogen-bond acceptors (Lipinski definition) is 7. The van der Waals surface area contributed by atoms with Gasteiger partial charge in [0.05, 0.1) is 19.8 Å². The Morgan fingerprint density at radius 3 is 2.65 bits per heavy atom. The summed E-state index contributed by atoms with van der Waals surface area (Å²) in [5.41, 5.74) is 5.68. The minimum Gasteiger partial charge on any atom is -0.493 e. The number of H-pyrrole nitrogens is 1. The van der Waals surface area contributed by atoms with Crippen molar-refractivity contribution in [2.75, 3.05) is 25.6 Å². The maximum absolute atomic E-state index is 12.0. The summed E-state index contributed by atoms with van der Waals surface area (Å²) < 4.78 is 16.4. The van der Waals surface area contributed by atoms with Gasteiger partial charge < -0.3 is 24.9 Å². The summed E-state index contributed by atoms with van der Waals surface area (Å²) in [6.07, 6.45) is 0.316. The summed E-state index contributed by atoms with van der Waals surface area (Å²) in [6, 6.07) is 10.6. The van der Waals surface area contributed by atoms with Crippen LogP contribution in [-0.4, -0.2) is 31.1 Å². The van der Waals surface area contributed by atoms with E-state index in [0.29, 0.717) is 37.6 Å². The number of aromatic amines is 1. The number of nitrogens with one attached hydrogen (secondary N) is 1. The van der Waals surface area contributed by atoms with E-state index in [4.69, 9.17) is 19.9 Å². The van der Waals surface area contributed by atoms with Crippen LogP contribution in [0.5, 0.6) is 5.75 Å². The third kappa shape index (κ3) is 3.52. The van der Waals surface area contributed by atoms with E-state index in [1.807, 2.05) is 12.1 Å². The van der Waals surface area contributed by atoms with E-state index in [-0.39, 0.29) is 28.8 Å². The molecule has 3 rings (SSSR count). The molecule has 0 saturated carbocycles. The molecule has 132 valence electrons. The Balaban J connectivity index is 1.89. The molecule has 1 aliphatic rings. The monoisotopic (exact) mass is 352 g/mol. The fourth-order valence-corrected chi connectivity index (χ4v) is 2.72. The molecule has 0 radical (unpaired) electrons. The Hall–Kier alpha value is -3.33. The number of ether oxygens (including phenoxy) is 3. The summed E-state index contributed by atoms with van der Waals surface area (Å²) in [7, 11) is 0. The molecular weight excluding hydrogens is 336 g/mol. The lowest BCUT2D eigenvalue weighted by atomic mass is 9.96. The van der Waals surface area contributed by atoms with Gasteiger partial charge in [-0.3, -0.25) is 4.79 Å². The molecule has 0 spiro atoms. The molecule has 1 aromatic heterocycles. The van der Waals surface area contributed by atoms with Crippen LogP contribution in [-0.2, 0) is 9.47 Å². The first-order valence-corrected chi connectivity index (χ1v) is 7.96. The highest BCUT2D eigenvalue weighted by Crippen LogP contribution is 2.30. The van der Waals surface area contributed by atoms with E-state index < -0.39 is 5.56 Å².